The average molecular weight is 246 g/mol. The van der Waals surface area contributed by atoms with Gasteiger partial charge in [0.2, 0.25) is 0 Å². The van der Waals surface area contributed by atoms with E-state index < -0.39 is 0 Å². The van der Waals surface area contributed by atoms with Gasteiger partial charge in [0, 0.05) is 6.54 Å². The molecule has 1 aromatic heterocycles. The molecule has 0 spiro atoms. The van der Waals surface area contributed by atoms with Crippen molar-refractivity contribution in [1.82, 2.24) is 4.98 Å². The first kappa shape index (κ1) is 11.0. The van der Waals surface area contributed by atoms with E-state index in [0.29, 0.717) is 0 Å². The summed E-state index contributed by atoms with van der Waals surface area (Å²) < 4.78 is 1.29. The van der Waals surface area contributed by atoms with Gasteiger partial charge in [-0.2, -0.15) is 0 Å². The Balaban J connectivity index is 1.66. The minimum atomic E-state index is 0.971. The van der Waals surface area contributed by atoms with Crippen molar-refractivity contribution in [3.63, 3.8) is 0 Å². The van der Waals surface area contributed by atoms with Gasteiger partial charge >= 0.3 is 0 Å². The maximum absolute atomic E-state index is 4.66. The molecule has 17 heavy (non-hydrogen) atoms. The second-order valence-corrected chi connectivity index (χ2v) is 5.98. The number of nitrogens with zero attached hydrogens (tertiary/aromatic N) is 1. The van der Waals surface area contributed by atoms with Crippen LogP contribution in [0.15, 0.2) is 18.2 Å². The minimum Gasteiger partial charge on any atom is -0.361 e. The Morgan fingerprint density at radius 2 is 2.29 bits per heavy atom. The maximum atomic E-state index is 4.66. The number of benzene rings is 1. The van der Waals surface area contributed by atoms with Gasteiger partial charge in [-0.3, -0.25) is 0 Å². The van der Waals surface area contributed by atoms with Crippen LogP contribution in [0, 0.1) is 12.8 Å². The molecule has 90 valence electrons. The monoisotopic (exact) mass is 246 g/mol. The Bertz CT molecular complexity index is 514. The molecular weight excluding hydrogens is 228 g/mol. The highest BCUT2D eigenvalue weighted by Gasteiger charge is 2.16. The van der Waals surface area contributed by atoms with Crippen molar-refractivity contribution >= 4 is 26.7 Å². The number of nitrogens with one attached hydrogen (secondary N) is 1. The minimum absolute atomic E-state index is 0.971. The van der Waals surface area contributed by atoms with Crippen LogP contribution in [0.2, 0.25) is 0 Å². The van der Waals surface area contributed by atoms with Gasteiger partial charge in [0.15, 0.2) is 5.13 Å². The molecule has 2 aromatic rings. The molecule has 1 aromatic carbocycles. The summed E-state index contributed by atoms with van der Waals surface area (Å²) >= 11 is 1.77. The van der Waals surface area contributed by atoms with Crippen LogP contribution in [0.4, 0.5) is 5.13 Å². The molecule has 1 aliphatic carbocycles. The number of rotatable bonds is 4. The van der Waals surface area contributed by atoms with Crippen molar-refractivity contribution in [3.05, 3.63) is 23.8 Å². The molecule has 1 saturated carbocycles. The van der Waals surface area contributed by atoms with Crippen molar-refractivity contribution in [2.24, 2.45) is 5.92 Å². The number of aryl methyl sites for hydroxylation is 1. The summed E-state index contributed by atoms with van der Waals surface area (Å²) in [5, 5.41) is 4.55. The van der Waals surface area contributed by atoms with E-state index in [0.717, 1.165) is 23.1 Å². The normalized spacial score (nSPS) is 16.1. The summed E-state index contributed by atoms with van der Waals surface area (Å²) in [6, 6.07) is 6.38. The highest BCUT2D eigenvalue weighted by Crippen LogP contribution is 2.30. The molecule has 0 bridgehead atoms. The Labute approximate surface area is 106 Å². The molecule has 0 atom stereocenters. The zero-order valence-electron chi connectivity index (χ0n) is 10.2. The van der Waals surface area contributed by atoms with Gasteiger partial charge in [-0.1, -0.05) is 42.7 Å². The molecule has 0 saturated heterocycles. The van der Waals surface area contributed by atoms with Gasteiger partial charge in [0.25, 0.3) is 0 Å². The molecule has 1 heterocycles. The standard InChI is InChI=1S/C14H18N2S/c1-10-4-2-7-12-13(10)16-14(17-12)15-9-8-11-5-3-6-11/h2,4,7,11H,3,5-6,8-9H2,1H3,(H,15,16). The van der Waals surface area contributed by atoms with Crippen molar-refractivity contribution in [2.75, 3.05) is 11.9 Å². The summed E-state index contributed by atoms with van der Waals surface area (Å²) in [6.07, 6.45) is 5.60. The van der Waals surface area contributed by atoms with Crippen LogP contribution in [0.3, 0.4) is 0 Å². The second-order valence-electron chi connectivity index (χ2n) is 4.95. The average Bonchev–Trinajstić information content (AvgIpc) is 2.66. The van der Waals surface area contributed by atoms with E-state index in [4.69, 9.17) is 0 Å². The number of anilines is 1. The van der Waals surface area contributed by atoms with E-state index in [1.165, 1.54) is 35.9 Å². The molecule has 1 fully saturated rings. The van der Waals surface area contributed by atoms with Crippen LogP contribution in [0.1, 0.15) is 31.2 Å². The Hall–Kier alpha value is -1.09. The number of hydrogen-bond donors (Lipinski definition) is 1. The van der Waals surface area contributed by atoms with Crippen LogP contribution in [0.25, 0.3) is 10.2 Å². The van der Waals surface area contributed by atoms with Crippen LogP contribution < -0.4 is 5.32 Å². The topological polar surface area (TPSA) is 24.9 Å². The van der Waals surface area contributed by atoms with Gasteiger partial charge in [-0.15, -0.1) is 0 Å². The van der Waals surface area contributed by atoms with E-state index in [9.17, 15) is 0 Å². The van der Waals surface area contributed by atoms with E-state index in [-0.39, 0.29) is 0 Å². The first-order valence-electron chi connectivity index (χ1n) is 6.43. The molecular formula is C14H18N2S. The van der Waals surface area contributed by atoms with Crippen molar-refractivity contribution in [3.8, 4) is 0 Å². The lowest BCUT2D eigenvalue weighted by Gasteiger charge is -2.24. The first-order valence-corrected chi connectivity index (χ1v) is 7.24. The number of para-hydroxylation sites is 1. The molecule has 2 nitrogen and oxygen atoms in total. The Morgan fingerprint density at radius 1 is 1.41 bits per heavy atom. The molecule has 3 rings (SSSR count). The van der Waals surface area contributed by atoms with Gasteiger partial charge in [-0.25, -0.2) is 4.98 Å². The predicted molar refractivity (Wildman–Crippen MR) is 74.8 cm³/mol. The third-order valence-corrected chi connectivity index (χ3v) is 4.65. The van der Waals surface area contributed by atoms with Crippen LogP contribution in [-0.2, 0) is 0 Å². The first-order chi connectivity index (χ1) is 8.33. The Morgan fingerprint density at radius 3 is 3.00 bits per heavy atom. The molecule has 0 radical (unpaired) electrons. The fraction of sp³-hybridized carbons (Fsp3) is 0.500. The molecule has 0 unspecified atom stereocenters. The summed E-state index contributed by atoms with van der Waals surface area (Å²) in [7, 11) is 0. The second kappa shape index (κ2) is 4.65. The zero-order chi connectivity index (χ0) is 11.7. The lowest BCUT2D eigenvalue weighted by molar-refractivity contribution is 0.303. The van der Waals surface area contributed by atoms with E-state index in [1.807, 2.05) is 0 Å². The van der Waals surface area contributed by atoms with Gasteiger partial charge < -0.3 is 5.32 Å². The van der Waals surface area contributed by atoms with E-state index in [2.05, 4.69) is 35.4 Å². The van der Waals surface area contributed by atoms with E-state index >= 15 is 0 Å². The number of hydrogen-bond acceptors (Lipinski definition) is 3. The van der Waals surface area contributed by atoms with E-state index in [1.54, 1.807) is 11.3 Å². The fourth-order valence-electron chi connectivity index (χ4n) is 2.33. The summed E-state index contributed by atoms with van der Waals surface area (Å²) in [5.41, 5.74) is 2.43. The molecule has 1 N–H and O–H groups in total. The lowest BCUT2D eigenvalue weighted by Crippen LogP contribution is -2.15. The Kier molecular flexibility index (Phi) is 3.02. The SMILES string of the molecule is Cc1cccc2sc(NCCC3CCC3)nc12. The lowest BCUT2D eigenvalue weighted by atomic mass is 9.83. The molecule has 1 aliphatic rings. The van der Waals surface area contributed by atoms with Gasteiger partial charge in [-0.05, 0) is 30.9 Å². The largest absolute Gasteiger partial charge is 0.361 e. The predicted octanol–water partition coefficient (Wildman–Crippen LogP) is 4.21. The molecule has 3 heteroatoms. The van der Waals surface area contributed by atoms with Crippen molar-refractivity contribution in [1.29, 1.82) is 0 Å². The van der Waals surface area contributed by atoms with Gasteiger partial charge in [0.05, 0.1) is 10.2 Å². The van der Waals surface area contributed by atoms with Crippen molar-refractivity contribution in [2.45, 2.75) is 32.6 Å². The smallest absolute Gasteiger partial charge is 0.183 e. The van der Waals surface area contributed by atoms with Crippen LogP contribution >= 0.6 is 11.3 Å². The van der Waals surface area contributed by atoms with Crippen LogP contribution in [-0.4, -0.2) is 11.5 Å². The number of fused-ring (bicyclic) bond motifs is 1. The third-order valence-electron chi connectivity index (χ3n) is 3.67. The molecule has 0 amide bonds. The van der Waals surface area contributed by atoms with Crippen molar-refractivity contribution < 1.29 is 0 Å². The summed E-state index contributed by atoms with van der Waals surface area (Å²) in [5.74, 6) is 0.971. The highest BCUT2D eigenvalue weighted by atomic mass is 32.1. The van der Waals surface area contributed by atoms with Crippen LogP contribution in [0.5, 0.6) is 0 Å². The number of aromatic nitrogens is 1. The zero-order valence-corrected chi connectivity index (χ0v) is 11.0. The van der Waals surface area contributed by atoms with Gasteiger partial charge in [0.1, 0.15) is 0 Å². The summed E-state index contributed by atoms with van der Waals surface area (Å²) in [6.45, 7) is 3.20. The maximum Gasteiger partial charge on any atom is 0.183 e. The number of thiazole rings is 1. The summed E-state index contributed by atoms with van der Waals surface area (Å²) in [4.78, 5) is 4.66. The fourth-order valence-corrected chi connectivity index (χ4v) is 3.30. The quantitative estimate of drug-likeness (QED) is 0.874. The molecule has 0 aliphatic heterocycles. The third kappa shape index (κ3) is 2.29. The highest BCUT2D eigenvalue weighted by molar-refractivity contribution is 7.22.